The van der Waals surface area contributed by atoms with Crippen molar-refractivity contribution in [2.45, 2.75) is 18.6 Å². The van der Waals surface area contributed by atoms with Crippen LogP contribution >= 0.6 is 11.8 Å². The number of aliphatic hydroxyl groups is 1. The summed E-state index contributed by atoms with van der Waals surface area (Å²) < 4.78 is 12.6. The van der Waals surface area contributed by atoms with Crippen LogP contribution in [0.2, 0.25) is 0 Å². The van der Waals surface area contributed by atoms with Crippen molar-refractivity contribution >= 4 is 11.8 Å². The molecular weight excluding hydrogens is 199 g/mol. The van der Waals surface area contributed by atoms with Crippen molar-refractivity contribution in [3.8, 4) is 0 Å². The van der Waals surface area contributed by atoms with Crippen LogP contribution in [0.3, 0.4) is 0 Å². The zero-order valence-electron chi connectivity index (χ0n) is 8.24. The van der Waals surface area contributed by atoms with Gasteiger partial charge in [-0.2, -0.15) is 11.8 Å². The van der Waals surface area contributed by atoms with Crippen LogP contribution in [0.25, 0.3) is 0 Å². The molecule has 0 aliphatic rings. The first kappa shape index (κ1) is 11.5. The molecule has 1 rings (SSSR count). The van der Waals surface area contributed by atoms with E-state index in [2.05, 4.69) is 6.92 Å². The first-order chi connectivity index (χ1) is 6.74. The molecule has 0 saturated carbocycles. The van der Waals surface area contributed by atoms with Crippen LogP contribution < -0.4 is 0 Å². The Balaban J connectivity index is 2.43. The number of rotatable bonds is 5. The largest absolute Gasteiger partial charge is 0.396 e. The predicted molar refractivity (Wildman–Crippen MR) is 59.0 cm³/mol. The van der Waals surface area contributed by atoms with Gasteiger partial charge >= 0.3 is 0 Å². The summed E-state index contributed by atoms with van der Waals surface area (Å²) in [7, 11) is 0. The van der Waals surface area contributed by atoms with Crippen molar-refractivity contribution in [2.24, 2.45) is 0 Å². The van der Waals surface area contributed by atoms with Gasteiger partial charge in [0.05, 0.1) is 0 Å². The summed E-state index contributed by atoms with van der Waals surface area (Å²) in [5, 5.41) is 8.99. The third-order valence-electron chi connectivity index (χ3n) is 2.01. The van der Waals surface area contributed by atoms with Gasteiger partial charge in [-0.1, -0.05) is 12.1 Å². The summed E-state index contributed by atoms with van der Waals surface area (Å²) in [5.41, 5.74) is 1.13. The third-order valence-corrected chi connectivity index (χ3v) is 3.31. The molecular formula is C11H15FOS. The van der Waals surface area contributed by atoms with Crippen LogP contribution in [-0.2, 0) is 0 Å². The lowest BCUT2D eigenvalue weighted by Gasteiger charge is -2.10. The average molecular weight is 214 g/mol. The fourth-order valence-electron chi connectivity index (χ4n) is 1.15. The smallest absolute Gasteiger partial charge is 0.123 e. The number of aliphatic hydroxyl groups excluding tert-OH is 1. The van der Waals surface area contributed by atoms with Crippen molar-refractivity contribution < 1.29 is 9.50 Å². The van der Waals surface area contributed by atoms with E-state index in [1.54, 1.807) is 11.8 Å². The third kappa shape index (κ3) is 3.68. The number of hydrogen-bond donors (Lipinski definition) is 1. The maximum Gasteiger partial charge on any atom is 0.123 e. The van der Waals surface area contributed by atoms with Gasteiger partial charge in [-0.3, -0.25) is 0 Å². The van der Waals surface area contributed by atoms with E-state index < -0.39 is 0 Å². The molecule has 0 saturated heterocycles. The Morgan fingerprint density at radius 1 is 1.36 bits per heavy atom. The standard InChI is InChI=1S/C11H15FOS/c1-9(14-8-2-7-13)10-3-5-11(12)6-4-10/h3-6,9,13H,2,7-8H2,1H3. The molecule has 0 radical (unpaired) electrons. The predicted octanol–water partition coefficient (Wildman–Crippen LogP) is 3.00. The second-order valence-corrected chi connectivity index (χ2v) is 4.59. The maximum absolute atomic E-state index is 12.6. The van der Waals surface area contributed by atoms with E-state index >= 15 is 0 Å². The molecule has 0 fully saturated rings. The minimum atomic E-state index is -0.193. The van der Waals surface area contributed by atoms with E-state index in [4.69, 9.17) is 5.11 Å². The minimum absolute atomic E-state index is 0.193. The fraction of sp³-hybridized carbons (Fsp3) is 0.455. The normalized spacial score (nSPS) is 12.8. The molecule has 0 heterocycles. The summed E-state index contributed by atoms with van der Waals surface area (Å²) in [6.07, 6.45) is 0.816. The van der Waals surface area contributed by atoms with Gasteiger partial charge in [-0.05, 0) is 36.8 Å². The molecule has 0 spiro atoms. The first-order valence-corrected chi connectivity index (χ1v) is 5.77. The van der Waals surface area contributed by atoms with Crippen molar-refractivity contribution in [2.75, 3.05) is 12.4 Å². The molecule has 78 valence electrons. The summed E-state index contributed by atoms with van der Waals surface area (Å²) in [6.45, 7) is 2.33. The molecule has 1 N–H and O–H groups in total. The van der Waals surface area contributed by atoms with Crippen LogP contribution in [0.15, 0.2) is 24.3 Å². The lowest BCUT2D eigenvalue weighted by molar-refractivity contribution is 0.296. The fourth-order valence-corrected chi connectivity index (χ4v) is 2.15. The van der Waals surface area contributed by atoms with Gasteiger partial charge in [0, 0.05) is 11.9 Å². The van der Waals surface area contributed by atoms with E-state index in [-0.39, 0.29) is 12.4 Å². The van der Waals surface area contributed by atoms with Gasteiger partial charge < -0.3 is 5.11 Å². The van der Waals surface area contributed by atoms with Gasteiger partial charge in [-0.25, -0.2) is 4.39 Å². The van der Waals surface area contributed by atoms with E-state index in [9.17, 15) is 4.39 Å². The summed E-state index contributed by atoms with van der Waals surface area (Å²) in [5.74, 6) is 0.746. The quantitative estimate of drug-likeness (QED) is 0.760. The highest BCUT2D eigenvalue weighted by molar-refractivity contribution is 7.99. The molecule has 0 aliphatic carbocycles. The monoisotopic (exact) mass is 214 g/mol. The summed E-state index contributed by atoms with van der Waals surface area (Å²) in [4.78, 5) is 0. The van der Waals surface area contributed by atoms with Crippen LogP contribution in [0.5, 0.6) is 0 Å². The number of benzene rings is 1. The Hall–Kier alpha value is -0.540. The second kappa shape index (κ2) is 6.04. The molecule has 3 heteroatoms. The Labute approximate surface area is 88.3 Å². The zero-order chi connectivity index (χ0) is 10.4. The second-order valence-electron chi connectivity index (χ2n) is 3.14. The van der Waals surface area contributed by atoms with Crippen molar-refractivity contribution in [1.82, 2.24) is 0 Å². The Morgan fingerprint density at radius 2 is 2.00 bits per heavy atom. The summed E-state index contributed by atoms with van der Waals surface area (Å²) in [6, 6.07) is 6.59. The minimum Gasteiger partial charge on any atom is -0.396 e. The highest BCUT2D eigenvalue weighted by Gasteiger charge is 2.04. The van der Waals surface area contributed by atoms with E-state index in [1.807, 2.05) is 12.1 Å². The molecule has 0 aliphatic heterocycles. The van der Waals surface area contributed by atoms with Gasteiger partial charge in [-0.15, -0.1) is 0 Å². The molecule has 14 heavy (non-hydrogen) atoms. The topological polar surface area (TPSA) is 20.2 Å². The molecule has 1 aromatic rings. The van der Waals surface area contributed by atoms with Crippen molar-refractivity contribution in [3.63, 3.8) is 0 Å². The Bertz CT molecular complexity index is 260. The lowest BCUT2D eigenvalue weighted by atomic mass is 10.2. The van der Waals surface area contributed by atoms with Crippen LogP contribution in [-0.4, -0.2) is 17.5 Å². The average Bonchev–Trinajstić information content (AvgIpc) is 2.19. The Morgan fingerprint density at radius 3 is 2.57 bits per heavy atom. The maximum atomic E-state index is 12.6. The molecule has 1 atom stereocenters. The molecule has 1 aromatic carbocycles. The van der Waals surface area contributed by atoms with E-state index in [0.29, 0.717) is 5.25 Å². The highest BCUT2D eigenvalue weighted by Crippen LogP contribution is 2.28. The number of thioether (sulfide) groups is 1. The molecule has 1 nitrogen and oxygen atoms in total. The molecule has 0 amide bonds. The molecule has 1 unspecified atom stereocenters. The van der Waals surface area contributed by atoms with Crippen molar-refractivity contribution in [1.29, 1.82) is 0 Å². The molecule has 0 aromatic heterocycles. The Kier molecular flexibility index (Phi) is 4.98. The van der Waals surface area contributed by atoms with Gasteiger partial charge in [0.1, 0.15) is 5.82 Å². The van der Waals surface area contributed by atoms with Gasteiger partial charge in [0.15, 0.2) is 0 Å². The van der Waals surface area contributed by atoms with Crippen LogP contribution in [0, 0.1) is 5.82 Å². The first-order valence-electron chi connectivity index (χ1n) is 4.72. The van der Waals surface area contributed by atoms with Crippen LogP contribution in [0.1, 0.15) is 24.2 Å². The van der Waals surface area contributed by atoms with Gasteiger partial charge in [0.25, 0.3) is 0 Å². The van der Waals surface area contributed by atoms with Crippen molar-refractivity contribution in [3.05, 3.63) is 35.6 Å². The van der Waals surface area contributed by atoms with Gasteiger partial charge in [0.2, 0.25) is 0 Å². The molecule has 0 bridgehead atoms. The number of halogens is 1. The van der Waals surface area contributed by atoms with Crippen LogP contribution in [0.4, 0.5) is 4.39 Å². The lowest BCUT2D eigenvalue weighted by Crippen LogP contribution is -1.92. The SMILES string of the molecule is CC(SCCCO)c1ccc(F)cc1. The summed E-state index contributed by atoms with van der Waals surface area (Å²) >= 11 is 1.78. The van der Waals surface area contributed by atoms with E-state index in [1.165, 1.54) is 12.1 Å². The zero-order valence-corrected chi connectivity index (χ0v) is 9.06. The highest BCUT2D eigenvalue weighted by atomic mass is 32.2. The van der Waals surface area contributed by atoms with E-state index in [0.717, 1.165) is 17.7 Å². The number of hydrogen-bond acceptors (Lipinski definition) is 2.